The van der Waals surface area contributed by atoms with Crippen molar-refractivity contribution in [3.05, 3.63) is 72.1 Å². The fourth-order valence-electron chi connectivity index (χ4n) is 4.46. The van der Waals surface area contributed by atoms with E-state index in [2.05, 4.69) is 16.0 Å². The number of aromatic nitrogens is 2. The van der Waals surface area contributed by atoms with Gasteiger partial charge in [0.25, 0.3) is 5.91 Å². The Morgan fingerprint density at radius 2 is 1.49 bits per heavy atom. The van der Waals surface area contributed by atoms with E-state index in [1.165, 1.54) is 21.3 Å². The summed E-state index contributed by atoms with van der Waals surface area (Å²) < 4.78 is 29.6. The minimum absolute atomic E-state index is 0.231. The van der Waals surface area contributed by atoms with Gasteiger partial charge in [-0.2, -0.15) is 0 Å². The molecule has 1 heterocycles. The zero-order chi connectivity index (χ0) is 27.6. The van der Waals surface area contributed by atoms with E-state index in [1.54, 1.807) is 19.2 Å². The Morgan fingerprint density at radius 1 is 0.821 bits per heavy atom. The molecule has 4 rings (SSSR count). The van der Waals surface area contributed by atoms with Gasteiger partial charge in [0.2, 0.25) is 5.75 Å². The number of rotatable bonds is 14. The summed E-state index contributed by atoms with van der Waals surface area (Å²) in [5.74, 6) is 3.47. The molecule has 0 unspecified atom stereocenters. The van der Waals surface area contributed by atoms with Gasteiger partial charge < -0.3 is 33.6 Å². The molecule has 0 aliphatic heterocycles. The van der Waals surface area contributed by atoms with Crippen LogP contribution in [0.3, 0.4) is 0 Å². The van der Waals surface area contributed by atoms with Gasteiger partial charge >= 0.3 is 0 Å². The van der Waals surface area contributed by atoms with Crippen molar-refractivity contribution in [2.75, 3.05) is 41.6 Å². The summed E-state index contributed by atoms with van der Waals surface area (Å²) in [6, 6.07) is 19.0. The molecule has 0 atom stereocenters. The highest BCUT2D eigenvalue weighted by Crippen LogP contribution is 2.38. The van der Waals surface area contributed by atoms with Crippen LogP contribution in [0.4, 0.5) is 0 Å². The predicted octanol–water partition coefficient (Wildman–Crippen LogP) is 4.90. The lowest BCUT2D eigenvalue weighted by molar-refractivity contribution is 0.0953. The number of imidazole rings is 1. The smallest absolute Gasteiger partial charge is 0.251 e. The number of hydrogen-bond donors (Lipinski definition) is 1. The van der Waals surface area contributed by atoms with Gasteiger partial charge in [-0.3, -0.25) is 4.79 Å². The highest BCUT2D eigenvalue weighted by molar-refractivity contribution is 5.95. The Hall–Kier alpha value is -4.40. The zero-order valence-electron chi connectivity index (χ0n) is 22.9. The summed E-state index contributed by atoms with van der Waals surface area (Å²) in [6.45, 7) is 1.81. The van der Waals surface area contributed by atoms with Crippen molar-refractivity contribution in [3.8, 4) is 28.7 Å². The number of para-hydroxylation sites is 4. The minimum atomic E-state index is -0.231. The molecule has 9 nitrogen and oxygen atoms in total. The Kier molecular flexibility index (Phi) is 9.50. The molecule has 0 aliphatic carbocycles. The standard InChI is InChI=1S/C30H35N3O6/c1-35-24-13-7-8-14-25(24)39-18-10-9-17-33-23-12-6-5-11-22(23)32-28(33)15-16-31-30(34)21-19-26(36-2)29(38-4)27(20-21)37-3/h5-8,11-14,19-20H,9-10,15-18H2,1-4H3,(H,31,34). The minimum Gasteiger partial charge on any atom is -0.493 e. The number of carbonyl (C=O) groups excluding carboxylic acids is 1. The van der Waals surface area contributed by atoms with Crippen molar-refractivity contribution in [2.24, 2.45) is 0 Å². The van der Waals surface area contributed by atoms with E-state index in [1.807, 2.05) is 42.5 Å². The maximum atomic E-state index is 12.9. The first-order valence-electron chi connectivity index (χ1n) is 12.9. The number of nitrogens with zero attached hydrogens (tertiary/aromatic N) is 2. The van der Waals surface area contributed by atoms with E-state index >= 15 is 0 Å². The third kappa shape index (κ3) is 6.54. The van der Waals surface area contributed by atoms with Crippen molar-refractivity contribution in [1.29, 1.82) is 0 Å². The second-order valence-corrected chi connectivity index (χ2v) is 8.79. The highest BCUT2D eigenvalue weighted by atomic mass is 16.5. The number of fused-ring (bicyclic) bond motifs is 1. The summed E-state index contributed by atoms with van der Waals surface area (Å²) in [5, 5.41) is 2.99. The van der Waals surface area contributed by atoms with Gasteiger partial charge in [-0.05, 0) is 49.2 Å². The molecular formula is C30H35N3O6. The quantitative estimate of drug-likeness (QED) is 0.230. The molecule has 0 spiro atoms. The lowest BCUT2D eigenvalue weighted by Gasteiger charge is -2.14. The fraction of sp³-hybridized carbons (Fsp3) is 0.333. The number of nitrogens with one attached hydrogen (secondary N) is 1. The first-order chi connectivity index (χ1) is 19.1. The number of hydrogen-bond acceptors (Lipinski definition) is 7. The van der Waals surface area contributed by atoms with Gasteiger partial charge in [0.05, 0.1) is 46.1 Å². The third-order valence-corrected chi connectivity index (χ3v) is 6.40. The summed E-state index contributed by atoms with van der Waals surface area (Å²) >= 11 is 0. The van der Waals surface area contributed by atoms with Crippen molar-refractivity contribution >= 4 is 16.9 Å². The number of aryl methyl sites for hydroxylation is 1. The molecule has 0 fully saturated rings. The first-order valence-corrected chi connectivity index (χ1v) is 12.9. The number of unbranched alkanes of at least 4 members (excludes halogenated alkanes) is 1. The average molecular weight is 534 g/mol. The zero-order valence-corrected chi connectivity index (χ0v) is 22.9. The normalized spacial score (nSPS) is 10.8. The molecule has 0 radical (unpaired) electrons. The van der Waals surface area contributed by atoms with Crippen LogP contribution in [0.15, 0.2) is 60.7 Å². The van der Waals surface area contributed by atoms with E-state index in [-0.39, 0.29) is 5.91 Å². The fourth-order valence-corrected chi connectivity index (χ4v) is 4.46. The van der Waals surface area contributed by atoms with E-state index in [9.17, 15) is 4.79 Å². The second-order valence-electron chi connectivity index (χ2n) is 8.79. The Morgan fingerprint density at radius 3 is 2.18 bits per heavy atom. The molecular weight excluding hydrogens is 498 g/mol. The van der Waals surface area contributed by atoms with Crippen molar-refractivity contribution in [3.63, 3.8) is 0 Å². The molecule has 0 saturated carbocycles. The van der Waals surface area contributed by atoms with Crippen molar-refractivity contribution in [2.45, 2.75) is 25.8 Å². The van der Waals surface area contributed by atoms with E-state index in [0.717, 1.165) is 47.7 Å². The molecule has 0 saturated heterocycles. The molecule has 0 aliphatic rings. The van der Waals surface area contributed by atoms with Gasteiger partial charge in [0.1, 0.15) is 5.82 Å². The molecule has 0 bridgehead atoms. The molecule has 1 N–H and O–H groups in total. The number of benzene rings is 3. The van der Waals surface area contributed by atoms with Gasteiger partial charge in [-0.1, -0.05) is 24.3 Å². The summed E-state index contributed by atoms with van der Waals surface area (Å²) in [6.07, 6.45) is 2.38. The van der Waals surface area contributed by atoms with Gasteiger partial charge in [-0.15, -0.1) is 0 Å². The maximum Gasteiger partial charge on any atom is 0.251 e. The Labute approximate surface area is 228 Å². The molecule has 206 valence electrons. The second kappa shape index (κ2) is 13.4. The van der Waals surface area contributed by atoms with Crippen LogP contribution in [0, 0.1) is 0 Å². The number of ether oxygens (including phenoxy) is 5. The predicted molar refractivity (Wildman–Crippen MR) is 150 cm³/mol. The average Bonchev–Trinajstić information content (AvgIpc) is 3.33. The SMILES string of the molecule is COc1ccccc1OCCCCn1c(CCNC(=O)c2cc(OC)c(OC)c(OC)c2)nc2ccccc21. The summed E-state index contributed by atoms with van der Waals surface area (Å²) in [5.41, 5.74) is 2.44. The van der Waals surface area contributed by atoms with Crippen LogP contribution in [0.5, 0.6) is 28.7 Å². The number of amides is 1. The van der Waals surface area contributed by atoms with Crippen LogP contribution < -0.4 is 29.0 Å². The summed E-state index contributed by atoms with van der Waals surface area (Å²) in [4.78, 5) is 17.8. The van der Waals surface area contributed by atoms with E-state index < -0.39 is 0 Å². The molecule has 9 heteroatoms. The Bertz CT molecular complexity index is 1380. The lowest BCUT2D eigenvalue weighted by atomic mass is 10.1. The molecule has 1 amide bonds. The van der Waals surface area contributed by atoms with Crippen LogP contribution >= 0.6 is 0 Å². The monoisotopic (exact) mass is 533 g/mol. The maximum absolute atomic E-state index is 12.9. The van der Waals surface area contributed by atoms with Crippen LogP contribution in [-0.4, -0.2) is 57.0 Å². The van der Waals surface area contributed by atoms with Crippen LogP contribution in [-0.2, 0) is 13.0 Å². The molecule has 3 aromatic carbocycles. The van der Waals surface area contributed by atoms with Crippen LogP contribution in [0.2, 0.25) is 0 Å². The molecule has 1 aromatic heterocycles. The number of carbonyl (C=O) groups is 1. The Balaban J connectivity index is 1.37. The van der Waals surface area contributed by atoms with Crippen molar-refractivity contribution in [1.82, 2.24) is 14.9 Å². The van der Waals surface area contributed by atoms with E-state index in [0.29, 0.717) is 42.4 Å². The summed E-state index contributed by atoms with van der Waals surface area (Å²) in [7, 11) is 6.21. The molecule has 39 heavy (non-hydrogen) atoms. The van der Waals surface area contributed by atoms with E-state index in [4.69, 9.17) is 28.7 Å². The van der Waals surface area contributed by atoms with Gasteiger partial charge in [0, 0.05) is 25.1 Å². The largest absolute Gasteiger partial charge is 0.493 e. The van der Waals surface area contributed by atoms with Crippen LogP contribution in [0.25, 0.3) is 11.0 Å². The highest BCUT2D eigenvalue weighted by Gasteiger charge is 2.17. The topological polar surface area (TPSA) is 93.1 Å². The first kappa shape index (κ1) is 27.6. The number of methoxy groups -OCH3 is 4. The van der Waals surface area contributed by atoms with Crippen LogP contribution in [0.1, 0.15) is 29.0 Å². The molecule has 4 aromatic rings. The third-order valence-electron chi connectivity index (χ3n) is 6.40. The lowest BCUT2D eigenvalue weighted by Crippen LogP contribution is -2.26. The van der Waals surface area contributed by atoms with Gasteiger partial charge in [0.15, 0.2) is 23.0 Å². The van der Waals surface area contributed by atoms with Gasteiger partial charge in [-0.25, -0.2) is 4.98 Å². The van der Waals surface area contributed by atoms with Crippen molar-refractivity contribution < 1.29 is 28.5 Å².